The van der Waals surface area contributed by atoms with Crippen LogP contribution in [-0.4, -0.2) is 6.54 Å². The Balaban J connectivity index is 2.10. The van der Waals surface area contributed by atoms with Crippen molar-refractivity contribution in [3.05, 3.63) is 62.6 Å². The van der Waals surface area contributed by atoms with Crippen molar-refractivity contribution in [2.45, 2.75) is 17.6 Å². The van der Waals surface area contributed by atoms with Gasteiger partial charge in [-0.1, -0.05) is 29.3 Å². The number of alkyl halides is 1. The Morgan fingerprint density at radius 1 is 0.958 bits per heavy atom. The molecule has 24 heavy (non-hydrogen) atoms. The third kappa shape index (κ3) is 3.96. The summed E-state index contributed by atoms with van der Waals surface area (Å²) < 4.78 is 68.3. The highest BCUT2D eigenvalue weighted by Crippen LogP contribution is 2.31. The molecule has 0 spiro atoms. The van der Waals surface area contributed by atoms with Gasteiger partial charge in [0.1, 0.15) is 0 Å². The minimum absolute atomic E-state index is 0.0517. The molecule has 0 fully saturated rings. The fourth-order valence-electron chi connectivity index (χ4n) is 2.03. The van der Waals surface area contributed by atoms with Gasteiger partial charge in [0, 0.05) is 6.54 Å². The predicted octanol–water partition coefficient (Wildman–Crippen LogP) is 5.10. The summed E-state index contributed by atoms with van der Waals surface area (Å²) in [6, 6.07) is 4.75. The molecule has 0 aliphatic carbocycles. The molecule has 0 aliphatic rings. The number of hydrogen-bond acceptors (Lipinski definition) is 1. The van der Waals surface area contributed by atoms with Gasteiger partial charge in [-0.2, -0.15) is 0 Å². The molecule has 132 valence electrons. The first-order chi connectivity index (χ1) is 11.2. The van der Waals surface area contributed by atoms with E-state index in [1.54, 1.807) is 18.2 Å². The zero-order valence-electron chi connectivity index (χ0n) is 11.9. The summed E-state index contributed by atoms with van der Waals surface area (Å²) in [5.74, 6) is -6.84. The monoisotopic (exact) mass is 403 g/mol. The highest BCUT2D eigenvalue weighted by atomic mass is 35.5. The quantitative estimate of drug-likeness (QED) is 0.415. The molecule has 1 nitrogen and oxygen atoms in total. The van der Waals surface area contributed by atoms with Gasteiger partial charge in [0.05, 0.1) is 20.5 Å². The Morgan fingerprint density at radius 3 is 2.08 bits per heavy atom. The van der Waals surface area contributed by atoms with Gasteiger partial charge in [0.25, 0.3) is 0 Å². The van der Waals surface area contributed by atoms with Crippen LogP contribution in [0.5, 0.6) is 0 Å². The van der Waals surface area contributed by atoms with Gasteiger partial charge in [-0.25, -0.2) is 34.6 Å². The van der Waals surface area contributed by atoms with E-state index in [1.807, 2.05) is 0 Å². The zero-order chi connectivity index (χ0) is 18.0. The summed E-state index contributed by atoms with van der Waals surface area (Å²) in [5, 5.41) is 2.83. The van der Waals surface area contributed by atoms with Crippen LogP contribution >= 0.6 is 35.8 Å². The smallest absolute Gasteiger partial charge is 0.182 e. The van der Waals surface area contributed by atoms with Crippen LogP contribution in [0.4, 0.5) is 22.0 Å². The first kappa shape index (κ1) is 19.3. The van der Waals surface area contributed by atoms with Gasteiger partial charge in [-0.15, -0.1) is 0 Å². The molecule has 0 radical (unpaired) electrons. The molecule has 0 bridgehead atoms. The summed E-state index contributed by atoms with van der Waals surface area (Å²) in [6.45, 7) is -0.0517. The van der Waals surface area contributed by atoms with E-state index in [0.29, 0.717) is 15.6 Å². The lowest BCUT2D eigenvalue weighted by molar-refractivity contribution is 0.255. The maximum absolute atomic E-state index is 14.0. The van der Waals surface area contributed by atoms with Crippen molar-refractivity contribution >= 4 is 35.8 Å². The van der Waals surface area contributed by atoms with Crippen LogP contribution in [0.3, 0.4) is 0 Å². The number of hydrogen-bond donors (Lipinski definition) is 1. The van der Waals surface area contributed by atoms with Crippen molar-refractivity contribution in [3.8, 4) is 0 Å². The van der Waals surface area contributed by atoms with Gasteiger partial charge in [0.2, 0.25) is 0 Å². The summed E-state index contributed by atoms with van der Waals surface area (Å²) in [4.78, 5) is -0.920. The highest BCUT2D eigenvalue weighted by Gasteiger charge is 2.28. The largest absolute Gasteiger partial charge is 0.283 e. The van der Waals surface area contributed by atoms with E-state index in [-0.39, 0.29) is 13.0 Å². The number of halogens is 7. The summed E-state index contributed by atoms with van der Waals surface area (Å²) in [7, 11) is 0. The van der Waals surface area contributed by atoms with Crippen LogP contribution in [0, 0.1) is 23.3 Å². The Morgan fingerprint density at radius 2 is 1.54 bits per heavy atom. The van der Waals surface area contributed by atoms with E-state index in [9.17, 15) is 22.0 Å². The molecule has 0 saturated heterocycles. The zero-order valence-corrected chi connectivity index (χ0v) is 14.6. The van der Waals surface area contributed by atoms with E-state index in [0.717, 1.165) is 0 Å². The first-order valence-corrected chi connectivity index (χ1v) is 8.00. The number of benzene rings is 2. The molecule has 0 heterocycles. The average molecular weight is 404 g/mol. The second-order valence-electron chi connectivity index (χ2n) is 4.90. The Hall–Kier alpha value is -1.02. The minimum atomic E-state index is -2.41. The van der Waals surface area contributed by atoms with E-state index in [2.05, 4.69) is 5.32 Å². The predicted molar refractivity (Wildman–Crippen MR) is 88.3 cm³/mol. The molecule has 2 rings (SSSR count). The van der Waals surface area contributed by atoms with E-state index in [4.69, 9.17) is 23.2 Å². The van der Waals surface area contributed by atoms with Crippen molar-refractivity contribution in [2.75, 3.05) is 6.54 Å². The molecule has 0 aliphatic heterocycles. The maximum atomic E-state index is 14.0. The van der Waals surface area contributed by atoms with Crippen LogP contribution in [0.15, 0.2) is 23.1 Å². The lowest BCUT2D eigenvalue weighted by Crippen LogP contribution is -2.23. The Kier molecular flexibility index (Phi) is 6.36. The van der Waals surface area contributed by atoms with Gasteiger partial charge >= 0.3 is 0 Å². The van der Waals surface area contributed by atoms with Gasteiger partial charge < -0.3 is 0 Å². The normalized spacial score (nSPS) is 12.7. The van der Waals surface area contributed by atoms with Crippen LogP contribution < -0.4 is 5.32 Å². The third-order valence-corrected chi connectivity index (χ3v) is 4.55. The molecular weight excluding hydrogens is 392 g/mol. The fraction of sp³-hybridized carbons (Fsp3) is 0.200. The molecule has 1 unspecified atom stereocenters. The molecule has 1 atom stereocenters. The van der Waals surface area contributed by atoms with Gasteiger partial charge in [-0.05, 0) is 24.1 Å². The van der Waals surface area contributed by atoms with Gasteiger partial charge in [0.15, 0.2) is 29.6 Å². The number of nitrogens with one attached hydrogen (secondary N) is 1. The molecule has 2 aromatic rings. The van der Waals surface area contributed by atoms with E-state index >= 15 is 0 Å². The fourth-order valence-corrected chi connectivity index (χ4v) is 2.60. The maximum Gasteiger partial charge on any atom is 0.182 e. The third-order valence-electron chi connectivity index (χ3n) is 3.31. The van der Waals surface area contributed by atoms with Gasteiger partial charge in [-0.3, -0.25) is 5.32 Å². The molecule has 0 saturated carbocycles. The molecule has 1 N–H and O–H groups in total. The van der Waals surface area contributed by atoms with Crippen molar-refractivity contribution in [3.63, 3.8) is 0 Å². The van der Waals surface area contributed by atoms with Crippen molar-refractivity contribution in [1.29, 1.82) is 0 Å². The average Bonchev–Trinajstić information content (AvgIpc) is 2.54. The Labute approximate surface area is 150 Å². The van der Waals surface area contributed by atoms with Crippen LogP contribution in [0.25, 0.3) is 0 Å². The van der Waals surface area contributed by atoms with Crippen molar-refractivity contribution < 1.29 is 22.0 Å². The van der Waals surface area contributed by atoms with Crippen molar-refractivity contribution in [1.82, 2.24) is 5.32 Å². The standard InChI is InChI=1S/C15H12Cl2F5NS/c16-7-2-1-6(5-8(7)17)3-4-23-15(22)9-10(18)12(20)14(24)13(21)11(9)19/h1-2,5,15,23H,3-4H2,24H3. The second-order valence-corrected chi connectivity index (χ2v) is 6.29. The first-order valence-electron chi connectivity index (χ1n) is 6.66. The van der Waals surface area contributed by atoms with E-state index < -0.39 is 40.0 Å². The molecule has 0 aromatic heterocycles. The Bertz CT molecular complexity index is 743. The van der Waals surface area contributed by atoms with E-state index in [1.165, 1.54) is 12.6 Å². The highest BCUT2D eigenvalue weighted by molar-refractivity contribution is 7.80. The topological polar surface area (TPSA) is 12.0 Å². The molecule has 9 heteroatoms. The molecule has 0 amide bonds. The lowest BCUT2D eigenvalue weighted by atomic mass is 10.1. The summed E-state index contributed by atoms with van der Waals surface area (Å²) in [6.07, 6.45) is -2.16. The minimum Gasteiger partial charge on any atom is -0.283 e. The van der Waals surface area contributed by atoms with Crippen LogP contribution in [0.1, 0.15) is 17.4 Å². The SMILES string of the molecule is Fc1c(F)c(C(F)NCCc2ccc(Cl)c(Cl)c2)c(F)c(F)c1[SH3]. The number of rotatable bonds is 5. The lowest BCUT2D eigenvalue weighted by Gasteiger charge is -2.15. The molecule has 2 aromatic carbocycles. The van der Waals surface area contributed by atoms with Crippen molar-refractivity contribution in [2.24, 2.45) is 0 Å². The second kappa shape index (κ2) is 7.91. The molecular formula is C15H12Cl2F5NS. The summed E-state index contributed by atoms with van der Waals surface area (Å²) >= 11 is 13.1. The van der Waals surface area contributed by atoms with Crippen LogP contribution in [-0.2, 0) is 6.42 Å². The summed E-state index contributed by atoms with van der Waals surface area (Å²) in [5.41, 5.74) is -0.631. The van der Waals surface area contributed by atoms with Crippen LogP contribution in [0.2, 0.25) is 10.0 Å².